The van der Waals surface area contributed by atoms with Crippen molar-refractivity contribution >= 4 is 11.6 Å². The van der Waals surface area contributed by atoms with Gasteiger partial charge in [-0.3, -0.25) is 9.59 Å². The zero-order valence-electron chi connectivity index (χ0n) is 16.3. The van der Waals surface area contributed by atoms with Gasteiger partial charge in [-0.2, -0.15) is 5.10 Å². The number of benzene rings is 2. The van der Waals surface area contributed by atoms with Gasteiger partial charge in [-0.1, -0.05) is 24.3 Å². The molecule has 2 aromatic carbocycles. The predicted molar refractivity (Wildman–Crippen MR) is 110 cm³/mol. The van der Waals surface area contributed by atoms with Crippen molar-refractivity contribution in [2.24, 2.45) is 0 Å². The van der Waals surface area contributed by atoms with Crippen LogP contribution in [0, 0.1) is 6.92 Å². The summed E-state index contributed by atoms with van der Waals surface area (Å²) in [7, 11) is 1.59. The maximum Gasteiger partial charge on any atom is 0.267 e. The minimum Gasteiger partial charge on any atom is -0.497 e. The molecule has 0 atom stereocenters. The Hall–Kier alpha value is -3.41. The number of likely N-dealkylation sites (N-methyl/N-ethyl adjacent to an activating group) is 1. The summed E-state index contributed by atoms with van der Waals surface area (Å²) in [6.45, 7) is 4.26. The fourth-order valence-electron chi connectivity index (χ4n) is 3.01. The van der Waals surface area contributed by atoms with Crippen LogP contribution in [-0.2, 0) is 11.3 Å². The van der Waals surface area contributed by atoms with Gasteiger partial charge in [0.15, 0.2) is 0 Å². The van der Waals surface area contributed by atoms with E-state index < -0.39 is 0 Å². The Bertz CT molecular complexity index is 1040. The molecule has 0 saturated heterocycles. The van der Waals surface area contributed by atoms with Crippen LogP contribution >= 0.6 is 0 Å². The molecule has 3 rings (SSSR count). The number of rotatable bonds is 6. The van der Waals surface area contributed by atoms with Gasteiger partial charge >= 0.3 is 0 Å². The fourth-order valence-corrected chi connectivity index (χ4v) is 3.01. The Kier molecular flexibility index (Phi) is 5.89. The van der Waals surface area contributed by atoms with Crippen LogP contribution < -0.4 is 15.2 Å². The second-order valence-electron chi connectivity index (χ2n) is 6.42. The highest BCUT2D eigenvalue weighted by molar-refractivity contribution is 5.93. The van der Waals surface area contributed by atoms with Crippen molar-refractivity contribution < 1.29 is 9.53 Å². The molecule has 0 fully saturated rings. The number of anilines is 1. The third-order valence-electron chi connectivity index (χ3n) is 4.45. The third kappa shape index (κ3) is 4.28. The molecule has 28 heavy (non-hydrogen) atoms. The number of carbonyl (C=O) groups is 1. The number of aryl methyl sites for hydroxylation is 1. The molecule has 0 spiro atoms. The van der Waals surface area contributed by atoms with Gasteiger partial charge in [0, 0.05) is 23.9 Å². The van der Waals surface area contributed by atoms with E-state index in [0.29, 0.717) is 18.0 Å². The molecule has 0 unspecified atom stereocenters. The van der Waals surface area contributed by atoms with E-state index in [1.807, 2.05) is 62.4 Å². The average Bonchev–Trinajstić information content (AvgIpc) is 2.70. The summed E-state index contributed by atoms with van der Waals surface area (Å²) in [4.78, 5) is 26.8. The summed E-state index contributed by atoms with van der Waals surface area (Å²) in [5.41, 5.74) is 2.97. The van der Waals surface area contributed by atoms with Crippen molar-refractivity contribution in [2.75, 3.05) is 18.6 Å². The lowest BCUT2D eigenvalue weighted by Crippen LogP contribution is -2.37. The maximum atomic E-state index is 12.9. The second kappa shape index (κ2) is 8.52. The van der Waals surface area contributed by atoms with Gasteiger partial charge in [0.2, 0.25) is 5.91 Å². The highest BCUT2D eigenvalue weighted by Crippen LogP contribution is 2.21. The number of nitrogens with zero attached hydrogens (tertiary/aromatic N) is 3. The van der Waals surface area contributed by atoms with Crippen LogP contribution in [0.25, 0.3) is 11.3 Å². The van der Waals surface area contributed by atoms with E-state index in [1.54, 1.807) is 18.1 Å². The number of hydrogen-bond donors (Lipinski definition) is 0. The topological polar surface area (TPSA) is 64.4 Å². The van der Waals surface area contributed by atoms with Gasteiger partial charge in [-0.05, 0) is 49.7 Å². The zero-order valence-corrected chi connectivity index (χ0v) is 16.3. The van der Waals surface area contributed by atoms with Crippen molar-refractivity contribution in [3.05, 3.63) is 76.6 Å². The molecule has 0 aliphatic heterocycles. The van der Waals surface area contributed by atoms with E-state index in [4.69, 9.17) is 4.74 Å². The predicted octanol–water partition coefficient (Wildman–Crippen LogP) is 3.28. The molecule has 6 heteroatoms. The van der Waals surface area contributed by atoms with E-state index in [0.717, 1.165) is 16.8 Å². The number of aromatic nitrogens is 2. The smallest absolute Gasteiger partial charge is 0.267 e. The van der Waals surface area contributed by atoms with Crippen LogP contribution in [0.4, 0.5) is 5.69 Å². The third-order valence-corrected chi connectivity index (χ3v) is 4.45. The second-order valence-corrected chi connectivity index (χ2v) is 6.42. The van der Waals surface area contributed by atoms with Crippen molar-refractivity contribution in [1.82, 2.24) is 9.78 Å². The minimum absolute atomic E-state index is 0.127. The molecular weight excluding hydrogens is 354 g/mol. The van der Waals surface area contributed by atoms with Gasteiger partial charge < -0.3 is 9.64 Å². The van der Waals surface area contributed by atoms with Crippen molar-refractivity contribution in [1.29, 1.82) is 0 Å². The zero-order chi connectivity index (χ0) is 20.1. The van der Waals surface area contributed by atoms with E-state index in [1.165, 1.54) is 10.7 Å². The summed E-state index contributed by atoms with van der Waals surface area (Å²) < 4.78 is 6.45. The van der Waals surface area contributed by atoms with Crippen LogP contribution in [0.2, 0.25) is 0 Å². The standard InChI is InChI=1S/C22H23N3O3/c1-4-24(18-9-5-7-16(2)13-18)22(27)15-25-21(26)12-11-20(23-25)17-8-6-10-19(14-17)28-3/h5-14H,4,15H2,1-3H3. The fraction of sp³-hybridized carbons (Fsp3) is 0.227. The van der Waals surface area contributed by atoms with E-state index in [9.17, 15) is 9.59 Å². The molecule has 0 aliphatic carbocycles. The Morgan fingerprint density at radius 1 is 1.11 bits per heavy atom. The quantitative estimate of drug-likeness (QED) is 0.661. The molecule has 3 aromatic rings. The molecule has 0 saturated carbocycles. The van der Waals surface area contributed by atoms with Crippen LogP contribution in [0.5, 0.6) is 5.75 Å². The highest BCUT2D eigenvalue weighted by Gasteiger charge is 2.16. The average molecular weight is 377 g/mol. The molecule has 0 bridgehead atoms. The largest absolute Gasteiger partial charge is 0.497 e. The normalized spacial score (nSPS) is 10.5. The number of hydrogen-bond acceptors (Lipinski definition) is 4. The first kappa shape index (κ1) is 19.4. The molecule has 0 aliphatic rings. The maximum absolute atomic E-state index is 12.9. The Balaban J connectivity index is 1.89. The molecule has 0 N–H and O–H groups in total. The Morgan fingerprint density at radius 2 is 1.89 bits per heavy atom. The summed E-state index contributed by atoms with van der Waals surface area (Å²) in [5.74, 6) is 0.509. The molecule has 1 aromatic heterocycles. The molecule has 6 nitrogen and oxygen atoms in total. The van der Waals surface area contributed by atoms with Crippen molar-refractivity contribution in [3.63, 3.8) is 0 Å². The molecule has 1 amide bonds. The molecule has 0 radical (unpaired) electrons. The summed E-state index contributed by atoms with van der Waals surface area (Å²) >= 11 is 0. The van der Waals surface area contributed by atoms with Crippen LogP contribution in [-0.4, -0.2) is 29.3 Å². The first-order valence-electron chi connectivity index (χ1n) is 9.11. The number of methoxy groups -OCH3 is 1. The number of carbonyl (C=O) groups excluding carboxylic acids is 1. The lowest BCUT2D eigenvalue weighted by molar-refractivity contribution is -0.119. The van der Waals surface area contributed by atoms with Crippen LogP contribution in [0.1, 0.15) is 12.5 Å². The van der Waals surface area contributed by atoms with Crippen molar-refractivity contribution in [2.45, 2.75) is 20.4 Å². The van der Waals surface area contributed by atoms with Crippen LogP contribution in [0.3, 0.4) is 0 Å². The monoisotopic (exact) mass is 377 g/mol. The van der Waals surface area contributed by atoms with Crippen LogP contribution in [0.15, 0.2) is 65.5 Å². The molecule has 1 heterocycles. The van der Waals surface area contributed by atoms with E-state index in [-0.39, 0.29) is 18.0 Å². The summed E-state index contributed by atoms with van der Waals surface area (Å²) in [6, 6.07) is 18.2. The Morgan fingerprint density at radius 3 is 2.61 bits per heavy atom. The SMILES string of the molecule is CCN(C(=O)Cn1nc(-c2cccc(OC)c2)ccc1=O)c1cccc(C)c1. The highest BCUT2D eigenvalue weighted by atomic mass is 16.5. The van der Waals surface area contributed by atoms with Gasteiger partial charge in [0.1, 0.15) is 12.3 Å². The first-order chi connectivity index (χ1) is 13.5. The number of ether oxygens (including phenoxy) is 1. The molecule has 144 valence electrons. The van der Waals surface area contributed by atoms with E-state index in [2.05, 4.69) is 5.10 Å². The lowest BCUT2D eigenvalue weighted by Gasteiger charge is -2.21. The lowest BCUT2D eigenvalue weighted by atomic mass is 10.1. The molecular formula is C22H23N3O3. The first-order valence-corrected chi connectivity index (χ1v) is 9.11. The summed E-state index contributed by atoms with van der Waals surface area (Å²) in [6.07, 6.45) is 0. The Labute approximate surface area is 164 Å². The van der Waals surface area contributed by atoms with Gasteiger partial charge in [0.25, 0.3) is 5.56 Å². The minimum atomic E-state index is -0.319. The summed E-state index contributed by atoms with van der Waals surface area (Å²) in [5, 5.41) is 4.39. The van der Waals surface area contributed by atoms with E-state index >= 15 is 0 Å². The van der Waals surface area contributed by atoms with Gasteiger partial charge in [-0.15, -0.1) is 0 Å². The van der Waals surface area contributed by atoms with Crippen molar-refractivity contribution in [3.8, 4) is 17.0 Å². The van der Waals surface area contributed by atoms with Gasteiger partial charge in [0.05, 0.1) is 12.8 Å². The number of amides is 1. The van der Waals surface area contributed by atoms with Gasteiger partial charge in [-0.25, -0.2) is 4.68 Å².